The first kappa shape index (κ1) is 17.3. The summed E-state index contributed by atoms with van der Waals surface area (Å²) in [5.74, 6) is 2.17. The van der Waals surface area contributed by atoms with E-state index in [9.17, 15) is 0 Å². The lowest BCUT2D eigenvalue weighted by Crippen LogP contribution is -2.19. The van der Waals surface area contributed by atoms with Crippen LogP contribution in [0.1, 0.15) is 57.4 Å². The summed E-state index contributed by atoms with van der Waals surface area (Å²) in [4.78, 5) is 0. The first-order valence-electron chi connectivity index (χ1n) is 9.25. The van der Waals surface area contributed by atoms with Crippen molar-refractivity contribution in [3.05, 3.63) is 53.1 Å². The molecular formula is C22H30O2. The van der Waals surface area contributed by atoms with Gasteiger partial charge in [0, 0.05) is 13.0 Å². The molecule has 0 aliphatic heterocycles. The maximum Gasteiger partial charge on any atom is 0.119 e. The molecule has 130 valence electrons. The summed E-state index contributed by atoms with van der Waals surface area (Å²) in [5, 5.41) is 0. The molecule has 2 nitrogen and oxygen atoms in total. The second-order valence-electron chi connectivity index (χ2n) is 7.45. The van der Waals surface area contributed by atoms with Crippen LogP contribution in [0.3, 0.4) is 0 Å². The van der Waals surface area contributed by atoms with Crippen LogP contribution in [0.25, 0.3) is 0 Å². The van der Waals surface area contributed by atoms with Gasteiger partial charge in [-0.15, -0.1) is 0 Å². The number of benzene rings is 1. The normalized spacial score (nSPS) is 27.4. The first-order chi connectivity index (χ1) is 11.6. The van der Waals surface area contributed by atoms with Crippen molar-refractivity contribution < 1.29 is 9.47 Å². The topological polar surface area (TPSA) is 18.5 Å². The lowest BCUT2D eigenvalue weighted by Gasteiger charge is -2.28. The lowest BCUT2D eigenvalue weighted by molar-refractivity contribution is 0.0658. The van der Waals surface area contributed by atoms with Crippen LogP contribution in [0.4, 0.5) is 0 Å². The molecule has 24 heavy (non-hydrogen) atoms. The first-order valence-corrected chi connectivity index (χ1v) is 9.25. The van der Waals surface area contributed by atoms with Crippen LogP contribution in [0, 0.1) is 5.92 Å². The summed E-state index contributed by atoms with van der Waals surface area (Å²) >= 11 is 0. The third-order valence-corrected chi connectivity index (χ3v) is 5.38. The van der Waals surface area contributed by atoms with Gasteiger partial charge in [-0.25, -0.2) is 0 Å². The molecule has 0 N–H and O–H groups in total. The maximum atomic E-state index is 6.03. The zero-order chi connectivity index (χ0) is 16.9. The van der Waals surface area contributed by atoms with Gasteiger partial charge >= 0.3 is 0 Å². The molecular weight excluding hydrogens is 296 g/mol. The van der Waals surface area contributed by atoms with Crippen molar-refractivity contribution in [2.24, 2.45) is 5.92 Å². The van der Waals surface area contributed by atoms with E-state index in [1.807, 2.05) is 7.11 Å². The monoisotopic (exact) mass is 326 g/mol. The number of methoxy groups -OCH3 is 1. The van der Waals surface area contributed by atoms with Crippen molar-refractivity contribution >= 4 is 0 Å². The minimum absolute atomic E-state index is 0.466. The zero-order valence-corrected chi connectivity index (χ0v) is 15.3. The van der Waals surface area contributed by atoms with Gasteiger partial charge in [-0.3, -0.25) is 0 Å². The molecule has 2 heteroatoms. The van der Waals surface area contributed by atoms with E-state index in [0.29, 0.717) is 17.9 Å². The number of hydrogen-bond acceptors (Lipinski definition) is 2. The zero-order valence-electron chi connectivity index (χ0n) is 15.3. The van der Waals surface area contributed by atoms with Gasteiger partial charge in [-0.05, 0) is 69.6 Å². The van der Waals surface area contributed by atoms with Crippen LogP contribution < -0.4 is 4.74 Å². The van der Waals surface area contributed by atoms with Crippen molar-refractivity contribution in [3.8, 4) is 5.75 Å². The smallest absolute Gasteiger partial charge is 0.119 e. The molecule has 0 bridgehead atoms. The van der Waals surface area contributed by atoms with E-state index < -0.39 is 0 Å². The Morgan fingerprint density at radius 1 is 1.00 bits per heavy atom. The number of hydrogen-bond donors (Lipinski definition) is 0. The molecule has 1 saturated carbocycles. The minimum Gasteiger partial charge on any atom is -0.493 e. The molecule has 0 spiro atoms. The van der Waals surface area contributed by atoms with Gasteiger partial charge in [0.2, 0.25) is 0 Å². The molecule has 2 aliphatic rings. The molecule has 1 aromatic carbocycles. The molecule has 1 unspecified atom stereocenters. The summed E-state index contributed by atoms with van der Waals surface area (Å²) in [6.07, 6.45) is 11.0. The predicted molar refractivity (Wildman–Crippen MR) is 99.6 cm³/mol. The second kappa shape index (κ2) is 8.02. The average Bonchev–Trinajstić information content (AvgIpc) is 2.60. The van der Waals surface area contributed by atoms with E-state index in [-0.39, 0.29) is 0 Å². The summed E-state index contributed by atoms with van der Waals surface area (Å²) in [6.45, 7) is 5.14. The van der Waals surface area contributed by atoms with Gasteiger partial charge in [0.25, 0.3) is 0 Å². The molecule has 2 aliphatic carbocycles. The highest BCUT2D eigenvalue weighted by Crippen LogP contribution is 2.34. The maximum absolute atomic E-state index is 6.03. The third kappa shape index (κ3) is 4.51. The number of ether oxygens (including phenoxy) is 2. The van der Waals surface area contributed by atoms with Gasteiger partial charge in [0.05, 0.1) is 12.7 Å². The van der Waals surface area contributed by atoms with E-state index in [1.54, 1.807) is 0 Å². The van der Waals surface area contributed by atoms with E-state index in [1.165, 1.54) is 42.4 Å². The Hall–Kier alpha value is -1.54. The molecule has 1 aromatic rings. The van der Waals surface area contributed by atoms with Crippen molar-refractivity contribution in [3.63, 3.8) is 0 Å². The lowest BCUT2D eigenvalue weighted by atomic mass is 9.83. The average molecular weight is 326 g/mol. The van der Waals surface area contributed by atoms with Gasteiger partial charge in [0.1, 0.15) is 5.75 Å². The highest BCUT2D eigenvalue weighted by Gasteiger charge is 2.22. The van der Waals surface area contributed by atoms with Gasteiger partial charge < -0.3 is 9.47 Å². The standard InChI is InChI=1S/C22H30O2/c1-16-12-17(2)14-18(13-16)15-24-22-10-6-20(7-11-22)19-4-8-21(23-3)9-5-19/h6-7,10-13,18-19,21H,4-5,8-9,14-15H2,1-3H3. The fraction of sp³-hybridized carbons (Fsp3) is 0.545. The van der Waals surface area contributed by atoms with Crippen LogP contribution >= 0.6 is 0 Å². The number of rotatable bonds is 5. The molecule has 3 rings (SSSR count). The van der Waals surface area contributed by atoms with E-state index in [4.69, 9.17) is 9.47 Å². The fourth-order valence-corrected chi connectivity index (χ4v) is 4.12. The second-order valence-corrected chi connectivity index (χ2v) is 7.45. The van der Waals surface area contributed by atoms with E-state index >= 15 is 0 Å². The Morgan fingerprint density at radius 3 is 2.33 bits per heavy atom. The summed E-state index contributed by atoms with van der Waals surface area (Å²) in [5.41, 5.74) is 4.25. The molecule has 0 amide bonds. The Bertz CT molecular complexity index is 589. The molecule has 1 fully saturated rings. The SMILES string of the molecule is COC1CCC(c2ccc(OCC3C=C(C)C=C(C)C3)cc2)CC1. The van der Waals surface area contributed by atoms with Crippen molar-refractivity contribution in [1.82, 2.24) is 0 Å². The van der Waals surface area contributed by atoms with Crippen molar-refractivity contribution in [2.75, 3.05) is 13.7 Å². The molecule has 0 aromatic heterocycles. The van der Waals surface area contributed by atoms with Gasteiger partial charge in [-0.2, -0.15) is 0 Å². The number of allylic oxidation sites excluding steroid dienone is 3. The quantitative estimate of drug-likeness (QED) is 0.696. The predicted octanol–water partition coefficient (Wildman–Crippen LogP) is 5.65. The van der Waals surface area contributed by atoms with Crippen LogP contribution in [0.5, 0.6) is 5.75 Å². The summed E-state index contributed by atoms with van der Waals surface area (Å²) in [6, 6.07) is 8.78. The molecule has 0 heterocycles. The van der Waals surface area contributed by atoms with E-state index in [0.717, 1.165) is 18.8 Å². The highest BCUT2D eigenvalue weighted by molar-refractivity contribution is 5.30. The van der Waals surface area contributed by atoms with Crippen LogP contribution in [-0.4, -0.2) is 19.8 Å². The third-order valence-electron chi connectivity index (χ3n) is 5.38. The fourth-order valence-electron chi connectivity index (χ4n) is 4.12. The highest BCUT2D eigenvalue weighted by atomic mass is 16.5. The van der Waals surface area contributed by atoms with Gasteiger partial charge in [0.15, 0.2) is 0 Å². The summed E-state index contributed by atoms with van der Waals surface area (Å²) in [7, 11) is 1.83. The summed E-state index contributed by atoms with van der Waals surface area (Å²) < 4.78 is 11.5. The van der Waals surface area contributed by atoms with Crippen LogP contribution in [0.15, 0.2) is 47.6 Å². The van der Waals surface area contributed by atoms with Crippen molar-refractivity contribution in [1.29, 1.82) is 0 Å². The molecule has 0 saturated heterocycles. The van der Waals surface area contributed by atoms with Crippen molar-refractivity contribution in [2.45, 2.75) is 58.0 Å². The van der Waals surface area contributed by atoms with E-state index in [2.05, 4.69) is 50.3 Å². The van der Waals surface area contributed by atoms with Crippen LogP contribution in [-0.2, 0) is 4.74 Å². The Balaban J connectivity index is 1.51. The minimum atomic E-state index is 0.466. The van der Waals surface area contributed by atoms with Gasteiger partial charge in [-0.1, -0.05) is 35.4 Å². The molecule has 0 radical (unpaired) electrons. The Kier molecular flexibility index (Phi) is 5.78. The Morgan fingerprint density at radius 2 is 1.71 bits per heavy atom. The van der Waals surface area contributed by atoms with Crippen LogP contribution in [0.2, 0.25) is 0 Å². The Labute approximate surface area is 146 Å². The largest absolute Gasteiger partial charge is 0.493 e. The molecule has 1 atom stereocenters.